The summed E-state index contributed by atoms with van der Waals surface area (Å²) in [6.07, 6.45) is 4.56. The van der Waals surface area contributed by atoms with Gasteiger partial charge in [-0.3, -0.25) is 4.79 Å². The third-order valence-corrected chi connectivity index (χ3v) is 4.63. The van der Waals surface area contributed by atoms with E-state index in [-0.39, 0.29) is 24.3 Å². The molecule has 0 atom stereocenters. The van der Waals surface area contributed by atoms with Crippen molar-refractivity contribution in [1.29, 1.82) is 0 Å². The monoisotopic (exact) mass is 388 g/mol. The zero-order valence-electron chi connectivity index (χ0n) is 15.0. The Hall–Kier alpha value is -2.57. The quantitative estimate of drug-likeness (QED) is 0.626. The summed E-state index contributed by atoms with van der Waals surface area (Å²) in [4.78, 5) is 24.4. The zero-order valence-corrected chi connectivity index (χ0v) is 15.9. The molecule has 2 aromatic carbocycles. The van der Waals surface area contributed by atoms with Crippen LogP contribution in [0.15, 0.2) is 54.6 Å². The molecule has 1 fully saturated rings. The Morgan fingerprint density at radius 2 is 1.22 bits per heavy atom. The van der Waals surface area contributed by atoms with Crippen LogP contribution in [0.5, 0.6) is 0 Å². The lowest BCUT2D eigenvalue weighted by molar-refractivity contribution is -0.122. The van der Waals surface area contributed by atoms with E-state index in [2.05, 4.69) is 16.0 Å². The SMILES string of the molecule is Cl.NC1(C(=O)Nc2ccc(NC(=O)Nc3ccccc3)cc2)CCCCC1. The highest BCUT2D eigenvalue weighted by atomic mass is 35.5. The number of carbonyl (C=O) groups excluding carboxylic acids is 2. The van der Waals surface area contributed by atoms with Gasteiger partial charge in [0.15, 0.2) is 0 Å². The van der Waals surface area contributed by atoms with Crippen molar-refractivity contribution in [2.24, 2.45) is 5.73 Å². The number of rotatable bonds is 4. The molecule has 7 heteroatoms. The molecule has 0 spiro atoms. The Bertz CT molecular complexity index is 759. The summed E-state index contributed by atoms with van der Waals surface area (Å²) in [5, 5.41) is 8.38. The van der Waals surface area contributed by atoms with E-state index in [9.17, 15) is 9.59 Å². The van der Waals surface area contributed by atoms with E-state index in [1.54, 1.807) is 24.3 Å². The van der Waals surface area contributed by atoms with Crippen LogP contribution in [-0.2, 0) is 4.79 Å². The fraction of sp³-hybridized carbons (Fsp3) is 0.300. The number of para-hydroxylation sites is 1. The van der Waals surface area contributed by atoms with Gasteiger partial charge < -0.3 is 21.7 Å². The van der Waals surface area contributed by atoms with Gasteiger partial charge in [0.05, 0.1) is 5.54 Å². The lowest BCUT2D eigenvalue weighted by Gasteiger charge is -2.31. The molecule has 0 bridgehead atoms. The molecular formula is C20H25ClN4O2. The number of halogens is 1. The Labute approximate surface area is 165 Å². The van der Waals surface area contributed by atoms with Crippen LogP contribution in [0.1, 0.15) is 32.1 Å². The Balaban J connectivity index is 0.00000261. The van der Waals surface area contributed by atoms with Crippen LogP contribution in [-0.4, -0.2) is 17.5 Å². The minimum absolute atomic E-state index is 0. The molecule has 0 radical (unpaired) electrons. The third kappa shape index (κ3) is 5.70. The molecule has 5 N–H and O–H groups in total. The normalized spacial score (nSPS) is 15.1. The van der Waals surface area contributed by atoms with Crippen molar-refractivity contribution in [2.75, 3.05) is 16.0 Å². The Morgan fingerprint density at radius 1 is 0.741 bits per heavy atom. The van der Waals surface area contributed by atoms with Gasteiger partial charge in [-0.05, 0) is 49.2 Å². The maximum atomic E-state index is 12.4. The van der Waals surface area contributed by atoms with E-state index >= 15 is 0 Å². The molecular weight excluding hydrogens is 364 g/mol. The zero-order chi connectivity index (χ0) is 18.4. The molecule has 0 aliphatic heterocycles. The van der Waals surface area contributed by atoms with Crippen molar-refractivity contribution in [1.82, 2.24) is 0 Å². The number of carbonyl (C=O) groups is 2. The number of hydrogen-bond donors (Lipinski definition) is 4. The van der Waals surface area contributed by atoms with Gasteiger partial charge in [-0.25, -0.2) is 4.79 Å². The molecule has 3 rings (SSSR count). The van der Waals surface area contributed by atoms with Crippen molar-refractivity contribution in [2.45, 2.75) is 37.6 Å². The largest absolute Gasteiger partial charge is 0.324 e. The van der Waals surface area contributed by atoms with Crippen molar-refractivity contribution in [3.05, 3.63) is 54.6 Å². The van der Waals surface area contributed by atoms with Crippen molar-refractivity contribution >= 4 is 41.4 Å². The number of urea groups is 1. The first-order valence-electron chi connectivity index (χ1n) is 8.89. The molecule has 3 amide bonds. The molecule has 1 saturated carbocycles. The second-order valence-corrected chi connectivity index (χ2v) is 6.69. The molecule has 6 nitrogen and oxygen atoms in total. The van der Waals surface area contributed by atoms with Gasteiger partial charge in [0, 0.05) is 17.1 Å². The van der Waals surface area contributed by atoms with Gasteiger partial charge in [0.1, 0.15) is 0 Å². The van der Waals surface area contributed by atoms with Crippen molar-refractivity contribution in [3.63, 3.8) is 0 Å². The van der Waals surface area contributed by atoms with Crippen molar-refractivity contribution < 1.29 is 9.59 Å². The van der Waals surface area contributed by atoms with Crippen LogP contribution >= 0.6 is 12.4 Å². The van der Waals surface area contributed by atoms with Gasteiger partial charge in [-0.15, -0.1) is 12.4 Å². The number of hydrogen-bond acceptors (Lipinski definition) is 3. The van der Waals surface area contributed by atoms with E-state index in [1.165, 1.54) is 0 Å². The molecule has 144 valence electrons. The average molecular weight is 389 g/mol. The van der Waals surface area contributed by atoms with Crippen molar-refractivity contribution in [3.8, 4) is 0 Å². The van der Waals surface area contributed by atoms with E-state index in [0.717, 1.165) is 37.8 Å². The lowest BCUT2D eigenvalue weighted by Crippen LogP contribution is -2.52. The van der Waals surface area contributed by atoms with Gasteiger partial charge in [-0.1, -0.05) is 37.5 Å². The summed E-state index contributed by atoms with van der Waals surface area (Å²) in [7, 11) is 0. The highest BCUT2D eigenvalue weighted by Crippen LogP contribution is 2.27. The maximum Gasteiger partial charge on any atom is 0.323 e. The van der Waals surface area contributed by atoms with E-state index in [4.69, 9.17) is 5.73 Å². The standard InChI is InChI=1S/C20H24N4O2.ClH/c21-20(13-5-2-6-14-20)18(25)22-16-9-11-17(12-10-16)24-19(26)23-15-7-3-1-4-8-15;/h1,3-4,7-12H,2,5-6,13-14,21H2,(H,22,25)(H2,23,24,26);1H. The highest BCUT2D eigenvalue weighted by molar-refractivity contribution is 6.00. The number of benzene rings is 2. The first-order valence-corrected chi connectivity index (χ1v) is 8.89. The molecule has 1 aliphatic rings. The topological polar surface area (TPSA) is 96.2 Å². The van der Waals surface area contributed by atoms with Crippen LogP contribution in [0.2, 0.25) is 0 Å². The van der Waals surface area contributed by atoms with Crippen LogP contribution in [0.25, 0.3) is 0 Å². The number of anilines is 3. The molecule has 0 aromatic heterocycles. The van der Waals surface area contributed by atoms with E-state index in [1.807, 2.05) is 30.3 Å². The highest BCUT2D eigenvalue weighted by Gasteiger charge is 2.35. The molecule has 0 heterocycles. The molecule has 0 saturated heterocycles. The summed E-state index contributed by atoms with van der Waals surface area (Å²) in [5.74, 6) is -0.139. The molecule has 27 heavy (non-hydrogen) atoms. The molecule has 2 aromatic rings. The number of nitrogens with two attached hydrogens (primary N) is 1. The predicted octanol–water partition coefficient (Wildman–Crippen LogP) is 4.35. The summed E-state index contributed by atoms with van der Waals surface area (Å²) < 4.78 is 0. The minimum Gasteiger partial charge on any atom is -0.324 e. The lowest BCUT2D eigenvalue weighted by atomic mass is 9.82. The van der Waals surface area contributed by atoms with Gasteiger partial charge >= 0.3 is 6.03 Å². The fourth-order valence-electron chi connectivity index (χ4n) is 3.12. The second kappa shape index (κ2) is 9.39. The first-order chi connectivity index (χ1) is 12.5. The smallest absolute Gasteiger partial charge is 0.323 e. The summed E-state index contributed by atoms with van der Waals surface area (Å²) in [6.45, 7) is 0. The van der Waals surface area contributed by atoms with Crippen LogP contribution in [0, 0.1) is 0 Å². The van der Waals surface area contributed by atoms with Crippen LogP contribution < -0.4 is 21.7 Å². The fourth-order valence-corrected chi connectivity index (χ4v) is 3.12. The Kier molecular flexibility index (Phi) is 7.21. The summed E-state index contributed by atoms with van der Waals surface area (Å²) in [6, 6.07) is 15.9. The van der Waals surface area contributed by atoms with Crippen LogP contribution in [0.4, 0.5) is 21.9 Å². The molecule has 0 unspecified atom stereocenters. The number of amides is 3. The Morgan fingerprint density at radius 3 is 1.78 bits per heavy atom. The van der Waals surface area contributed by atoms with Gasteiger partial charge in [0.25, 0.3) is 0 Å². The summed E-state index contributed by atoms with van der Waals surface area (Å²) in [5.41, 5.74) is 7.49. The predicted molar refractivity (Wildman–Crippen MR) is 111 cm³/mol. The first kappa shape index (κ1) is 20.7. The van der Waals surface area contributed by atoms with E-state index < -0.39 is 5.54 Å². The van der Waals surface area contributed by atoms with Crippen LogP contribution in [0.3, 0.4) is 0 Å². The molecule has 1 aliphatic carbocycles. The van der Waals surface area contributed by atoms with E-state index in [0.29, 0.717) is 11.4 Å². The van der Waals surface area contributed by atoms with Gasteiger partial charge in [0.2, 0.25) is 5.91 Å². The second-order valence-electron chi connectivity index (χ2n) is 6.69. The summed E-state index contributed by atoms with van der Waals surface area (Å²) >= 11 is 0. The number of nitrogens with one attached hydrogen (secondary N) is 3. The third-order valence-electron chi connectivity index (χ3n) is 4.63. The van der Waals surface area contributed by atoms with Gasteiger partial charge in [-0.2, -0.15) is 0 Å². The average Bonchev–Trinajstić information content (AvgIpc) is 2.64. The maximum absolute atomic E-state index is 12.4. The minimum atomic E-state index is -0.773.